The van der Waals surface area contributed by atoms with Crippen molar-refractivity contribution >= 4 is 0 Å². The van der Waals surface area contributed by atoms with Gasteiger partial charge in [0.1, 0.15) is 0 Å². The van der Waals surface area contributed by atoms with Gasteiger partial charge >= 0.3 is 0 Å². The molecule has 3 nitrogen and oxygen atoms in total. The first-order valence-corrected chi connectivity index (χ1v) is 7.40. The summed E-state index contributed by atoms with van der Waals surface area (Å²) in [6.45, 7) is 7.89. The van der Waals surface area contributed by atoms with Crippen molar-refractivity contribution < 1.29 is 5.11 Å². The molecule has 0 radical (unpaired) electrons. The Kier molecular flexibility index (Phi) is 7.82. The van der Waals surface area contributed by atoms with Gasteiger partial charge in [0.2, 0.25) is 0 Å². The van der Waals surface area contributed by atoms with Crippen LogP contribution in [0.2, 0.25) is 0 Å². The van der Waals surface area contributed by atoms with Crippen LogP contribution in [0.4, 0.5) is 0 Å². The second kappa shape index (κ2) is 8.90. The van der Waals surface area contributed by atoms with E-state index >= 15 is 0 Å². The fourth-order valence-corrected chi connectivity index (χ4v) is 2.89. The molecular formula is C14H30N2O. The molecule has 0 atom stereocenters. The number of hydrogen-bond donors (Lipinski definition) is 2. The molecule has 0 aromatic carbocycles. The van der Waals surface area contributed by atoms with Crippen molar-refractivity contribution in [2.24, 2.45) is 0 Å². The molecule has 0 unspecified atom stereocenters. The summed E-state index contributed by atoms with van der Waals surface area (Å²) in [7, 11) is 0. The van der Waals surface area contributed by atoms with Gasteiger partial charge in [0.05, 0.1) is 6.61 Å². The van der Waals surface area contributed by atoms with Crippen molar-refractivity contribution in [2.75, 3.05) is 26.2 Å². The Morgan fingerprint density at radius 1 is 1.06 bits per heavy atom. The minimum absolute atomic E-state index is 0.300. The van der Waals surface area contributed by atoms with Crippen LogP contribution < -0.4 is 5.32 Å². The molecule has 0 aromatic rings. The topological polar surface area (TPSA) is 35.5 Å². The van der Waals surface area contributed by atoms with E-state index in [-0.39, 0.29) is 0 Å². The van der Waals surface area contributed by atoms with Gasteiger partial charge in [0.25, 0.3) is 0 Å². The minimum Gasteiger partial charge on any atom is -0.395 e. The minimum atomic E-state index is 0.300. The molecule has 102 valence electrons. The van der Waals surface area contributed by atoms with E-state index in [1.807, 2.05) is 0 Å². The standard InChI is InChI=1S/C14H30N2O/c1-3-9-15-13-5-7-14(8-6-13)16(10-4-2)11-12-17/h13-15,17H,3-12H2,1-2H3. The fraction of sp³-hybridized carbons (Fsp3) is 1.00. The average molecular weight is 242 g/mol. The summed E-state index contributed by atoms with van der Waals surface area (Å²) in [5.74, 6) is 0. The third kappa shape index (κ3) is 5.36. The van der Waals surface area contributed by atoms with Crippen molar-refractivity contribution in [1.29, 1.82) is 0 Å². The van der Waals surface area contributed by atoms with Crippen molar-refractivity contribution in [2.45, 2.75) is 64.5 Å². The fourth-order valence-electron chi connectivity index (χ4n) is 2.89. The Bertz CT molecular complexity index is 173. The van der Waals surface area contributed by atoms with E-state index in [4.69, 9.17) is 5.11 Å². The van der Waals surface area contributed by atoms with Gasteiger partial charge in [-0.05, 0) is 51.6 Å². The highest BCUT2D eigenvalue weighted by Gasteiger charge is 2.24. The molecule has 1 aliphatic carbocycles. The van der Waals surface area contributed by atoms with E-state index in [1.54, 1.807) is 0 Å². The molecule has 0 aliphatic heterocycles. The lowest BCUT2D eigenvalue weighted by molar-refractivity contribution is 0.116. The van der Waals surface area contributed by atoms with Crippen LogP contribution in [0.3, 0.4) is 0 Å². The summed E-state index contributed by atoms with van der Waals surface area (Å²) >= 11 is 0. The lowest BCUT2D eigenvalue weighted by Crippen LogP contribution is -2.43. The maximum absolute atomic E-state index is 9.11. The number of aliphatic hydroxyl groups excluding tert-OH is 1. The van der Waals surface area contributed by atoms with Crippen LogP contribution >= 0.6 is 0 Å². The van der Waals surface area contributed by atoms with Crippen LogP contribution in [0.5, 0.6) is 0 Å². The van der Waals surface area contributed by atoms with Gasteiger partial charge in [-0.25, -0.2) is 0 Å². The third-order valence-corrected chi connectivity index (χ3v) is 3.79. The van der Waals surface area contributed by atoms with E-state index in [9.17, 15) is 0 Å². The lowest BCUT2D eigenvalue weighted by atomic mass is 9.90. The highest BCUT2D eigenvalue weighted by Crippen LogP contribution is 2.23. The van der Waals surface area contributed by atoms with Crippen LogP contribution in [0.15, 0.2) is 0 Å². The van der Waals surface area contributed by atoms with E-state index in [0.29, 0.717) is 12.6 Å². The molecule has 0 saturated heterocycles. The predicted octanol–water partition coefficient (Wildman–Crippen LogP) is 2.00. The van der Waals surface area contributed by atoms with Crippen molar-refractivity contribution in [1.82, 2.24) is 10.2 Å². The summed E-state index contributed by atoms with van der Waals surface area (Å²) in [6.07, 6.45) is 7.61. The Morgan fingerprint density at radius 2 is 1.76 bits per heavy atom. The molecule has 1 fully saturated rings. The number of hydrogen-bond acceptors (Lipinski definition) is 3. The molecule has 1 rings (SSSR count). The van der Waals surface area contributed by atoms with Crippen molar-refractivity contribution in [3.8, 4) is 0 Å². The Hall–Kier alpha value is -0.120. The molecule has 0 aromatic heterocycles. The molecule has 0 amide bonds. The quantitative estimate of drug-likeness (QED) is 0.683. The Labute approximate surface area is 107 Å². The largest absolute Gasteiger partial charge is 0.395 e. The maximum atomic E-state index is 9.11. The van der Waals surface area contributed by atoms with Gasteiger partial charge < -0.3 is 10.4 Å². The summed E-state index contributed by atoms with van der Waals surface area (Å²) in [4.78, 5) is 2.48. The second-order valence-electron chi connectivity index (χ2n) is 5.22. The first-order valence-electron chi connectivity index (χ1n) is 7.40. The number of nitrogens with one attached hydrogen (secondary N) is 1. The summed E-state index contributed by atoms with van der Waals surface area (Å²) < 4.78 is 0. The lowest BCUT2D eigenvalue weighted by Gasteiger charge is -2.36. The summed E-state index contributed by atoms with van der Waals surface area (Å²) in [6, 6.07) is 1.45. The van der Waals surface area contributed by atoms with Crippen molar-refractivity contribution in [3.63, 3.8) is 0 Å². The highest BCUT2D eigenvalue weighted by atomic mass is 16.3. The Morgan fingerprint density at radius 3 is 2.29 bits per heavy atom. The predicted molar refractivity (Wildman–Crippen MR) is 73.3 cm³/mol. The van der Waals surface area contributed by atoms with Gasteiger partial charge in [-0.2, -0.15) is 0 Å². The van der Waals surface area contributed by atoms with Gasteiger partial charge in [0, 0.05) is 18.6 Å². The zero-order valence-corrected chi connectivity index (χ0v) is 11.6. The smallest absolute Gasteiger partial charge is 0.0558 e. The zero-order chi connectivity index (χ0) is 12.5. The third-order valence-electron chi connectivity index (χ3n) is 3.79. The van der Waals surface area contributed by atoms with E-state index in [2.05, 4.69) is 24.1 Å². The Balaban J connectivity index is 2.27. The number of nitrogens with zero attached hydrogens (tertiary/aromatic N) is 1. The number of aliphatic hydroxyl groups is 1. The summed E-state index contributed by atoms with van der Waals surface area (Å²) in [5.41, 5.74) is 0. The molecule has 3 heteroatoms. The second-order valence-corrected chi connectivity index (χ2v) is 5.22. The van der Waals surface area contributed by atoms with Crippen LogP contribution in [0, 0.1) is 0 Å². The first kappa shape index (κ1) is 14.9. The summed E-state index contributed by atoms with van der Waals surface area (Å²) in [5, 5.41) is 12.7. The zero-order valence-electron chi connectivity index (χ0n) is 11.6. The molecule has 0 spiro atoms. The highest BCUT2D eigenvalue weighted by molar-refractivity contribution is 4.82. The van der Waals surface area contributed by atoms with Gasteiger partial charge in [-0.3, -0.25) is 4.90 Å². The number of rotatable bonds is 8. The van der Waals surface area contributed by atoms with Crippen LogP contribution in [0.25, 0.3) is 0 Å². The first-order chi connectivity index (χ1) is 8.31. The van der Waals surface area contributed by atoms with Gasteiger partial charge in [0.15, 0.2) is 0 Å². The van der Waals surface area contributed by atoms with Gasteiger partial charge in [-0.1, -0.05) is 13.8 Å². The van der Waals surface area contributed by atoms with Gasteiger partial charge in [-0.15, -0.1) is 0 Å². The molecule has 0 heterocycles. The molecule has 1 saturated carbocycles. The molecule has 17 heavy (non-hydrogen) atoms. The molecule has 1 aliphatic rings. The van der Waals surface area contributed by atoms with Crippen LogP contribution in [-0.2, 0) is 0 Å². The maximum Gasteiger partial charge on any atom is 0.0558 e. The van der Waals surface area contributed by atoms with Crippen LogP contribution in [-0.4, -0.2) is 48.3 Å². The van der Waals surface area contributed by atoms with Crippen molar-refractivity contribution in [3.05, 3.63) is 0 Å². The average Bonchev–Trinajstić information content (AvgIpc) is 2.37. The van der Waals surface area contributed by atoms with E-state index in [0.717, 1.165) is 25.7 Å². The molecule has 0 bridgehead atoms. The normalized spacial score (nSPS) is 25.4. The van der Waals surface area contributed by atoms with E-state index in [1.165, 1.54) is 38.5 Å². The van der Waals surface area contributed by atoms with E-state index < -0.39 is 0 Å². The molecular weight excluding hydrogens is 212 g/mol. The van der Waals surface area contributed by atoms with Crippen LogP contribution in [0.1, 0.15) is 52.4 Å². The monoisotopic (exact) mass is 242 g/mol. The SMILES string of the molecule is CCCNC1CCC(N(CCC)CCO)CC1. The molecule has 2 N–H and O–H groups in total.